The van der Waals surface area contributed by atoms with Crippen molar-refractivity contribution in [1.82, 2.24) is 9.78 Å². The molecule has 0 fully saturated rings. The van der Waals surface area contributed by atoms with E-state index in [-0.39, 0.29) is 5.56 Å². The zero-order chi connectivity index (χ0) is 12.4. The fourth-order valence-corrected chi connectivity index (χ4v) is 1.55. The fraction of sp³-hybridized carbons (Fsp3) is 0.167. The van der Waals surface area contributed by atoms with Crippen molar-refractivity contribution in [1.29, 1.82) is 0 Å². The number of nitrogens with zero attached hydrogens (tertiary/aromatic N) is 2. The van der Waals surface area contributed by atoms with Crippen molar-refractivity contribution in [2.24, 2.45) is 7.05 Å². The van der Waals surface area contributed by atoms with Crippen LogP contribution in [0.5, 0.6) is 0 Å². The van der Waals surface area contributed by atoms with E-state index >= 15 is 0 Å². The number of hydrogen-bond donors (Lipinski definition) is 2. The molecule has 5 heteroatoms. The highest BCUT2D eigenvalue weighted by Gasteiger charge is 2.11. The molecule has 1 aromatic carbocycles. The molecule has 2 N–H and O–H groups in total. The minimum absolute atomic E-state index is 0.246. The third kappa shape index (κ3) is 2.13. The smallest absolute Gasteiger partial charge is 0.337 e. The van der Waals surface area contributed by atoms with Gasteiger partial charge in [0.2, 0.25) is 0 Å². The summed E-state index contributed by atoms with van der Waals surface area (Å²) in [5.74, 6) is -0.949. The van der Waals surface area contributed by atoms with Gasteiger partial charge in [-0.25, -0.2) is 4.79 Å². The number of carboxylic acids is 1. The normalized spacial score (nSPS) is 10.2. The molecule has 2 aromatic rings. The van der Waals surface area contributed by atoms with Crippen LogP contribution in [0.25, 0.3) is 0 Å². The van der Waals surface area contributed by atoms with Crippen LogP contribution in [0.4, 0.5) is 11.4 Å². The monoisotopic (exact) mass is 231 g/mol. The van der Waals surface area contributed by atoms with Crippen LogP contribution in [-0.2, 0) is 7.05 Å². The molecule has 0 atom stereocenters. The Kier molecular flexibility index (Phi) is 2.82. The van der Waals surface area contributed by atoms with Crippen molar-refractivity contribution in [2.45, 2.75) is 6.92 Å². The molecule has 0 aliphatic carbocycles. The summed E-state index contributed by atoms with van der Waals surface area (Å²) in [6, 6.07) is 6.79. The lowest BCUT2D eigenvalue weighted by molar-refractivity contribution is 0.0698. The number of carbonyl (C=O) groups is 1. The standard InChI is InChI=1S/C12H13N3O2/c1-8-11(7-13-15(8)2)14-10-6-4-3-5-9(10)12(16)17/h3-7,14H,1-2H3,(H,16,17). The molecule has 0 spiro atoms. The number of aromatic nitrogens is 2. The van der Waals surface area contributed by atoms with Crippen LogP contribution < -0.4 is 5.32 Å². The van der Waals surface area contributed by atoms with E-state index in [1.807, 2.05) is 14.0 Å². The third-order valence-electron chi connectivity index (χ3n) is 2.66. The first-order valence-corrected chi connectivity index (χ1v) is 5.17. The molecule has 5 nitrogen and oxygen atoms in total. The molecule has 0 amide bonds. The van der Waals surface area contributed by atoms with E-state index in [4.69, 9.17) is 5.11 Å². The zero-order valence-electron chi connectivity index (χ0n) is 9.64. The van der Waals surface area contributed by atoms with Gasteiger partial charge in [-0.05, 0) is 19.1 Å². The Morgan fingerprint density at radius 3 is 2.65 bits per heavy atom. The summed E-state index contributed by atoms with van der Waals surface area (Å²) in [5, 5.41) is 16.2. The number of rotatable bonds is 3. The van der Waals surface area contributed by atoms with E-state index in [1.165, 1.54) is 0 Å². The first kappa shape index (κ1) is 11.2. The van der Waals surface area contributed by atoms with Gasteiger partial charge in [-0.1, -0.05) is 12.1 Å². The van der Waals surface area contributed by atoms with Gasteiger partial charge < -0.3 is 10.4 Å². The molecule has 88 valence electrons. The minimum atomic E-state index is -0.949. The Labute approximate surface area is 98.7 Å². The number of benzene rings is 1. The first-order chi connectivity index (χ1) is 8.09. The molecule has 2 rings (SSSR count). The zero-order valence-corrected chi connectivity index (χ0v) is 9.64. The molecule has 1 heterocycles. The van der Waals surface area contributed by atoms with Gasteiger partial charge in [0.1, 0.15) is 0 Å². The lowest BCUT2D eigenvalue weighted by Crippen LogP contribution is -2.03. The number of anilines is 2. The Morgan fingerprint density at radius 2 is 2.06 bits per heavy atom. The van der Waals surface area contributed by atoms with Crippen LogP contribution in [-0.4, -0.2) is 20.9 Å². The second-order valence-corrected chi connectivity index (χ2v) is 3.74. The van der Waals surface area contributed by atoms with E-state index in [1.54, 1.807) is 35.1 Å². The van der Waals surface area contributed by atoms with Gasteiger partial charge in [0, 0.05) is 7.05 Å². The lowest BCUT2D eigenvalue weighted by Gasteiger charge is -2.08. The lowest BCUT2D eigenvalue weighted by atomic mass is 10.1. The highest BCUT2D eigenvalue weighted by atomic mass is 16.4. The van der Waals surface area contributed by atoms with Gasteiger partial charge >= 0.3 is 5.97 Å². The Bertz CT molecular complexity index is 561. The summed E-state index contributed by atoms with van der Waals surface area (Å²) >= 11 is 0. The van der Waals surface area contributed by atoms with Gasteiger partial charge in [-0.2, -0.15) is 5.10 Å². The van der Waals surface area contributed by atoms with Crippen molar-refractivity contribution < 1.29 is 9.90 Å². The average molecular weight is 231 g/mol. The molecule has 0 aliphatic heterocycles. The summed E-state index contributed by atoms with van der Waals surface area (Å²) in [5.41, 5.74) is 2.57. The number of nitrogens with one attached hydrogen (secondary N) is 1. The van der Waals surface area contributed by atoms with Crippen molar-refractivity contribution in [2.75, 3.05) is 5.32 Å². The predicted octanol–water partition coefficient (Wildman–Crippen LogP) is 2.17. The Hall–Kier alpha value is -2.30. The maximum Gasteiger partial charge on any atom is 0.337 e. The average Bonchev–Trinajstić information content (AvgIpc) is 2.61. The summed E-state index contributed by atoms with van der Waals surface area (Å²) in [6.45, 7) is 1.92. The van der Waals surface area contributed by atoms with Crippen LogP contribution >= 0.6 is 0 Å². The predicted molar refractivity (Wildman–Crippen MR) is 64.6 cm³/mol. The Balaban J connectivity index is 2.36. The first-order valence-electron chi connectivity index (χ1n) is 5.17. The van der Waals surface area contributed by atoms with E-state index in [0.29, 0.717) is 5.69 Å². The molecule has 0 saturated carbocycles. The fourth-order valence-electron chi connectivity index (χ4n) is 1.55. The molecule has 0 radical (unpaired) electrons. The number of aryl methyl sites for hydroxylation is 1. The maximum atomic E-state index is 11.0. The van der Waals surface area contributed by atoms with Gasteiger partial charge in [0.15, 0.2) is 0 Å². The second kappa shape index (κ2) is 4.29. The number of carboxylic acid groups (broad SMARTS) is 1. The van der Waals surface area contributed by atoms with Gasteiger partial charge in [-0.3, -0.25) is 4.68 Å². The molecule has 0 aliphatic rings. The molecular formula is C12H13N3O2. The molecule has 0 saturated heterocycles. The molecule has 0 bridgehead atoms. The van der Waals surface area contributed by atoms with Crippen molar-refractivity contribution in [3.63, 3.8) is 0 Å². The van der Waals surface area contributed by atoms with Crippen LogP contribution in [0.1, 0.15) is 16.1 Å². The van der Waals surface area contributed by atoms with E-state index in [9.17, 15) is 4.79 Å². The van der Waals surface area contributed by atoms with E-state index < -0.39 is 5.97 Å². The number of para-hydroxylation sites is 1. The number of aromatic carboxylic acids is 1. The summed E-state index contributed by atoms with van der Waals surface area (Å²) < 4.78 is 1.73. The van der Waals surface area contributed by atoms with E-state index in [2.05, 4.69) is 10.4 Å². The minimum Gasteiger partial charge on any atom is -0.478 e. The number of hydrogen-bond acceptors (Lipinski definition) is 3. The Morgan fingerprint density at radius 1 is 1.35 bits per heavy atom. The topological polar surface area (TPSA) is 67.2 Å². The summed E-state index contributed by atoms with van der Waals surface area (Å²) in [4.78, 5) is 11.0. The van der Waals surface area contributed by atoms with Crippen LogP contribution in [0.2, 0.25) is 0 Å². The highest BCUT2D eigenvalue weighted by Crippen LogP contribution is 2.22. The molecule has 0 unspecified atom stereocenters. The quantitative estimate of drug-likeness (QED) is 0.849. The van der Waals surface area contributed by atoms with Crippen molar-refractivity contribution >= 4 is 17.3 Å². The second-order valence-electron chi connectivity index (χ2n) is 3.74. The van der Waals surface area contributed by atoms with E-state index in [0.717, 1.165) is 11.4 Å². The van der Waals surface area contributed by atoms with Gasteiger partial charge in [0.25, 0.3) is 0 Å². The largest absolute Gasteiger partial charge is 0.478 e. The highest BCUT2D eigenvalue weighted by molar-refractivity contribution is 5.95. The summed E-state index contributed by atoms with van der Waals surface area (Å²) in [6.07, 6.45) is 1.67. The molecular weight excluding hydrogens is 218 g/mol. The van der Waals surface area contributed by atoms with Gasteiger partial charge in [0.05, 0.1) is 28.8 Å². The molecule has 1 aromatic heterocycles. The van der Waals surface area contributed by atoms with Crippen molar-refractivity contribution in [3.8, 4) is 0 Å². The van der Waals surface area contributed by atoms with Crippen LogP contribution in [0, 0.1) is 6.92 Å². The third-order valence-corrected chi connectivity index (χ3v) is 2.66. The van der Waals surface area contributed by atoms with Crippen LogP contribution in [0.15, 0.2) is 30.5 Å². The summed E-state index contributed by atoms with van der Waals surface area (Å²) in [7, 11) is 1.84. The van der Waals surface area contributed by atoms with Crippen molar-refractivity contribution in [3.05, 3.63) is 41.7 Å². The van der Waals surface area contributed by atoms with Gasteiger partial charge in [-0.15, -0.1) is 0 Å². The SMILES string of the molecule is Cc1c(Nc2ccccc2C(=O)O)cnn1C. The molecule has 17 heavy (non-hydrogen) atoms. The maximum absolute atomic E-state index is 11.0. The van der Waals surface area contributed by atoms with Crippen LogP contribution in [0.3, 0.4) is 0 Å².